The number of nitrogens with one attached hydrogen (secondary N) is 1. The molecule has 1 N–H and O–H groups in total. The molecule has 1 atom stereocenters. The number of pyridine rings is 1. The summed E-state index contributed by atoms with van der Waals surface area (Å²) in [6, 6.07) is 4.19. The van der Waals surface area contributed by atoms with Crippen LogP contribution >= 0.6 is 0 Å². The Balaban J connectivity index is 1.28. The van der Waals surface area contributed by atoms with E-state index in [-0.39, 0.29) is 23.6 Å². The van der Waals surface area contributed by atoms with Crippen LogP contribution in [-0.2, 0) is 21.2 Å². The lowest BCUT2D eigenvalue weighted by atomic mass is 9.94. The van der Waals surface area contributed by atoms with Gasteiger partial charge in [-0.1, -0.05) is 0 Å². The van der Waals surface area contributed by atoms with Crippen LogP contribution in [0.5, 0.6) is 0 Å². The molecule has 7 nitrogen and oxygen atoms in total. The summed E-state index contributed by atoms with van der Waals surface area (Å²) in [4.78, 5) is 19.3. The third-order valence-electron chi connectivity index (χ3n) is 5.73. The van der Waals surface area contributed by atoms with Crippen LogP contribution in [-0.4, -0.2) is 59.2 Å². The van der Waals surface area contributed by atoms with Crippen molar-refractivity contribution in [2.45, 2.75) is 38.8 Å². The van der Waals surface area contributed by atoms with Gasteiger partial charge < -0.3 is 9.72 Å². The van der Waals surface area contributed by atoms with Crippen LogP contribution < -0.4 is 5.32 Å². The molecule has 2 saturated heterocycles. The van der Waals surface area contributed by atoms with E-state index in [1.54, 1.807) is 0 Å². The summed E-state index contributed by atoms with van der Waals surface area (Å²) in [5.41, 5.74) is 2.90. The summed E-state index contributed by atoms with van der Waals surface area (Å²) in [6.45, 7) is 4.06. The van der Waals surface area contributed by atoms with Gasteiger partial charge >= 0.3 is 0 Å². The summed E-state index contributed by atoms with van der Waals surface area (Å²) in [6.07, 6.45) is 6.21. The minimum atomic E-state index is -2.86. The average molecular weight is 391 g/mol. The van der Waals surface area contributed by atoms with Crippen LogP contribution in [0.25, 0.3) is 5.65 Å². The molecule has 0 aromatic carbocycles. The third kappa shape index (κ3) is 4.16. The van der Waals surface area contributed by atoms with Gasteiger partial charge in [-0.05, 0) is 57.0 Å². The van der Waals surface area contributed by atoms with Gasteiger partial charge in [-0.25, -0.2) is 13.4 Å². The maximum Gasteiger partial charge on any atom is 0.223 e. The Morgan fingerprint density at radius 1 is 1.30 bits per heavy atom. The van der Waals surface area contributed by atoms with Crippen molar-refractivity contribution in [2.75, 3.05) is 24.6 Å². The number of aryl methyl sites for hydroxylation is 1. The van der Waals surface area contributed by atoms with Gasteiger partial charge in [0.25, 0.3) is 0 Å². The second-order valence-electron chi connectivity index (χ2n) is 7.79. The number of hydrogen-bond acceptors (Lipinski definition) is 5. The Kier molecular flexibility index (Phi) is 4.94. The summed E-state index contributed by atoms with van der Waals surface area (Å²) >= 11 is 0. The number of hydrogen-bond donors (Lipinski definition) is 1. The molecule has 0 unspecified atom stereocenters. The number of nitrogens with zero attached hydrogens (tertiary/aromatic N) is 3. The smallest absolute Gasteiger partial charge is 0.223 e. The van der Waals surface area contributed by atoms with E-state index in [1.165, 1.54) is 0 Å². The topological polar surface area (TPSA) is 83.8 Å². The number of piperidine rings is 1. The molecule has 0 aliphatic carbocycles. The standard InChI is InChI=1S/C19H26N4O3S/c1-14-2-6-23-12-16(21-18(23)10-14)11-20-19(24)15-3-7-22(8-4-15)17-5-9-27(25,26)13-17/h2,6,10,12,15,17H,3-5,7-9,11,13H2,1H3,(H,20,24)/t17-/m0/s1. The number of likely N-dealkylation sites (tertiary alicyclic amines) is 1. The molecule has 2 fully saturated rings. The van der Waals surface area contributed by atoms with Gasteiger partial charge in [0, 0.05) is 24.4 Å². The second kappa shape index (κ2) is 7.24. The van der Waals surface area contributed by atoms with Crippen molar-refractivity contribution in [3.8, 4) is 0 Å². The van der Waals surface area contributed by atoms with E-state index >= 15 is 0 Å². The van der Waals surface area contributed by atoms with Gasteiger partial charge in [-0.3, -0.25) is 9.69 Å². The van der Waals surface area contributed by atoms with Crippen molar-refractivity contribution in [1.29, 1.82) is 0 Å². The first-order valence-electron chi connectivity index (χ1n) is 9.56. The molecular formula is C19H26N4O3S. The van der Waals surface area contributed by atoms with E-state index in [0.717, 1.165) is 49.3 Å². The lowest BCUT2D eigenvalue weighted by molar-refractivity contribution is -0.126. The predicted octanol–water partition coefficient (Wildman–Crippen LogP) is 1.16. The first kappa shape index (κ1) is 18.4. The fourth-order valence-electron chi connectivity index (χ4n) is 4.13. The van der Waals surface area contributed by atoms with Crippen molar-refractivity contribution < 1.29 is 13.2 Å². The molecule has 0 saturated carbocycles. The molecule has 2 aromatic heterocycles. The van der Waals surface area contributed by atoms with Crippen molar-refractivity contribution in [1.82, 2.24) is 19.6 Å². The zero-order valence-electron chi connectivity index (χ0n) is 15.6. The molecule has 1 amide bonds. The highest BCUT2D eigenvalue weighted by molar-refractivity contribution is 7.91. The Morgan fingerprint density at radius 2 is 2.07 bits per heavy atom. The van der Waals surface area contributed by atoms with Crippen molar-refractivity contribution in [2.24, 2.45) is 5.92 Å². The van der Waals surface area contributed by atoms with E-state index in [9.17, 15) is 13.2 Å². The fourth-order valence-corrected chi connectivity index (χ4v) is 5.90. The molecule has 146 valence electrons. The Labute approximate surface area is 159 Å². The number of sulfone groups is 1. The van der Waals surface area contributed by atoms with E-state index in [0.29, 0.717) is 12.3 Å². The highest BCUT2D eigenvalue weighted by Crippen LogP contribution is 2.24. The quantitative estimate of drug-likeness (QED) is 0.847. The summed E-state index contributed by atoms with van der Waals surface area (Å²) in [5.74, 6) is 0.647. The highest BCUT2D eigenvalue weighted by Gasteiger charge is 2.35. The first-order chi connectivity index (χ1) is 12.9. The number of aromatic nitrogens is 2. The maximum absolute atomic E-state index is 12.5. The van der Waals surface area contributed by atoms with Gasteiger partial charge in [0.1, 0.15) is 5.65 Å². The van der Waals surface area contributed by atoms with Gasteiger partial charge in [0.2, 0.25) is 5.91 Å². The highest BCUT2D eigenvalue weighted by atomic mass is 32.2. The lowest BCUT2D eigenvalue weighted by Gasteiger charge is -2.34. The normalized spacial score (nSPS) is 23.7. The third-order valence-corrected chi connectivity index (χ3v) is 7.48. The number of carbonyl (C=O) groups is 1. The van der Waals surface area contributed by atoms with Crippen molar-refractivity contribution in [3.63, 3.8) is 0 Å². The Hall–Kier alpha value is -1.93. The van der Waals surface area contributed by atoms with Gasteiger partial charge in [0.05, 0.1) is 23.7 Å². The number of rotatable bonds is 4. The zero-order valence-corrected chi connectivity index (χ0v) is 16.4. The van der Waals surface area contributed by atoms with E-state index < -0.39 is 9.84 Å². The predicted molar refractivity (Wildman–Crippen MR) is 103 cm³/mol. The van der Waals surface area contributed by atoms with Crippen molar-refractivity contribution >= 4 is 21.4 Å². The van der Waals surface area contributed by atoms with Crippen LogP contribution in [0.2, 0.25) is 0 Å². The number of imidazole rings is 1. The van der Waals surface area contributed by atoms with E-state index in [1.807, 2.05) is 35.9 Å². The van der Waals surface area contributed by atoms with Crippen LogP contribution in [0, 0.1) is 12.8 Å². The molecule has 2 aromatic rings. The van der Waals surface area contributed by atoms with Crippen LogP contribution in [0.4, 0.5) is 0 Å². The first-order valence-corrected chi connectivity index (χ1v) is 11.4. The Bertz CT molecular complexity index is 945. The van der Waals surface area contributed by atoms with Crippen LogP contribution in [0.1, 0.15) is 30.5 Å². The molecule has 2 aliphatic heterocycles. The molecule has 8 heteroatoms. The molecule has 2 aliphatic rings. The molecule has 4 rings (SSSR count). The van der Waals surface area contributed by atoms with E-state index in [4.69, 9.17) is 0 Å². The second-order valence-corrected chi connectivity index (χ2v) is 10.0. The Morgan fingerprint density at radius 3 is 2.78 bits per heavy atom. The molecule has 0 radical (unpaired) electrons. The molecule has 0 bridgehead atoms. The van der Waals surface area contributed by atoms with Gasteiger partial charge in [-0.2, -0.15) is 0 Å². The summed E-state index contributed by atoms with van der Waals surface area (Å²) in [7, 11) is -2.86. The maximum atomic E-state index is 12.5. The average Bonchev–Trinajstić information content (AvgIpc) is 3.21. The van der Waals surface area contributed by atoms with Gasteiger partial charge in [-0.15, -0.1) is 0 Å². The SMILES string of the molecule is Cc1ccn2cc(CNC(=O)C3CCN([C@H]4CCS(=O)(=O)C4)CC3)nc2c1. The lowest BCUT2D eigenvalue weighted by Crippen LogP contribution is -2.45. The minimum absolute atomic E-state index is 0.00136. The number of fused-ring (bicyclic) bond motifs is 1. The van der Waals surface area contributed by atoms with E-state index in [2.05, 4.69) is 15.2 Å². The molecule has 4 heterocycles. The fraction of sp³-hybridized carbons (Fsp3) is 0.579. The zero-order chi connectivity index (χ0) is 19.0. The van der Waals surface area contributed by atoms with Crippen LogP contribution in [0.15, 0.2) is 24.5 Å². The summed E-state index contributed by atoms with van der Waals surface area (Å²) < 4.78 is 25.3. The summed E-state index contributed by atoms with van der Waals surface area (Å²) in [5, 5.41) is 3.01. The van der Waals surface area contributed by atoms with Crippen molar-refractivity contribution in [3.05, 3.63) is 35.8 Å². The number of carbonyl (C=O) groups excluding carboxylic acids is 1. The molecule has 27 heavy (non-hydrogen) atoms. The largest absolute Gasteiger partial charge is 0.350 e. The molecular weight excluding hydrogens is 364 g/mol. The monoisotopic (exact) mass is 390 g/mol. The molecule has 0 spiro atoms. The minimum Gasteiger partial charge on any atom is -0.350 e. The number of amides is 1. The van der Waals surface area contributed by atoms with Gasteiger partial charge in [0.15, 0.2) is 9.84 Å². The van der Waals surface area contributed by atoms with Crippen LogP contribution in [0.3, 0.4) is 0 Å².